The molecule has 0 bridgehead atoms. The topological polar surface area (TPSA) is 41.0 Å². The first-order valence-corrected chi connectivity index (χ1v) is 8.13. The summed E-state index contributed by atoms with van der Waals surface area (Å²) in [6.45, 7) is 2.41. The summed E-state index contributed by atoms with van der Waals surface area (Å²) in [6, 6.07) is 20.5. The Bertz CT molecular complexity index is 702. The van der Waals surface area contributed by atoms with E-state index in [0.29, 0.717) is 0 Å². The van der Waals surface area contributed by atoms with Crippen molar-refractivity contribution in [3.8, 4) is 0 Å². The van der Waals surface area contributed by atoms with Crippen LogP contribution in [0.5, 0.6) is 0 Å². The molecule has 3 rings (SSSR count). The zero-order chi connectivity index (χ0) is 16.6. The highest BCUT2D eigenvalue weighted by Crippen LogP contribution is 2.19. The summed E-state index contributed by atoms with van der Waals surface area (Å²) in [6.07, 6.45) is 3.69. The van der Waals surface area contributed by atoms with Crippen LogP contribution in [0, 0.1) is 0 Å². The summed E-state index contributed by atoms with van der Waals surface area (Å²) in [5, 5.41) is 3.27. The molecule has 2 aromatic heterocycles. The minimum atomic E-state index is 0.787. The Morgan fingerprint density at radius 1 is 0.750 bits per heavy atom. The average Bonchev–Trinajstić information content (AvgIpc) is 2.64. The van der Waals surface area contributed by atoms with Gasteiger partial charge in [0.2, 0.25) is 0 Å². The highest BCUT2D eigenvalue weighted by Gasteiger charge is 2.11. The van der Waals surface area contributed by atoms with Crippen LogP contribution in [0.15, 0.2) is 73.1 Å². The SMILES string of the molecule is CNc1ccccc1CN(Cc1ccccn1)Cc1ccccn1. The summed E-state index contributed by atoms with van der Waals surface area (Å²) in [5.74, 6) is 0. The van der Waals surface area contributed by atoms with Crippen LogP contribution in [0.4, 0.5) is 5.69 Å². The number of para-hydroxylation sites is 1. The molecule has 0 spiro atoms. The van der Waals surface area contributed by atoms with Crippen LogP contribution in [0.3, 0.4) is 0 Å². The molecule has 0 saturated carbocycles. The lowest BCUT2D eigenvalue weighted by Gasteiger charge is -2.23. The van der Waals surface area contributed by atoms with Crippen molar-refractivity contribution >= 4 is 5.69 Å². The Kier molecular flexibility index (Phi) is 5.53. The first kappa shape index (κ1) is 16.1. The van der Waals surface area contributed by atoms with Gasteiger partial charge in [-0.05, 0) is 35.9 Å². The van der Waals surface area contributed by atoms with Gasteiger partial charge in [-0.1, -0.05) is 30.3 Å². The number of nitrogens with one attached hydrogen (secondary N) is 1. The van der Waals surface area contributed by atoms with E-state index in [-0.39, 0.29) is 0 Å². The van der Waals surface area contributed by atoms with Gasteiger partial charge in [-0.2, -0.15) is 0 Å². The van der Waals surface area contributed by atoms with Gasteiger partial charge < -0.3 is 5.32 Å². The molecule has 0 aliphatic heterocycles. The third-order valence-electron chi connectivity index (χ3n) is 3.90. The second-order valence-electron chi connectivity index (χ2n) is 5.69. The quantitative estimate of drug-likeness (QED) is 0.721. The Hall–Kier alpha value is -2.72. The number of hydrogen-bond donors (Lipinski definition) is 1. The molecule has 24 heavy (non-hydrogen) atoms. The van der Waals surface area contributed by atoms with E-state index in [4.69, 9.17) is 0 Å². The Morgan fingerprint density at radius 3 is 1.88 bits per heavy atom. The summed E-state index contributed by atoms with van der Waals surface area (Å²) in [4.78, 5) is 11.3. The van der Waals surface area contributed by atoms with Gasteiger partial charge in [0.1, 0.15) is 0 Å². The Labute approximate surface area is 143 Å². The largest absolute Gasteiger partial charge is 0.388 e. The zero-order valence-corrected chi connectivity index (χ0v) is 13.9. The summed E-state index contributed by atoms with van der Waals surface area (Å²) in [5.41, 5.74) is 4.56. The van der Waals surface area contributed by atoms with Crippen LogP contribution in [0.25, 0.3) is 0 Å². The second kappa shape index (κ2) is 8.22. The van der Waals surface area contributed by atoms with Crippen molar-refractivity contribution in [1.82, 2.24) is 14.9 Å². The second-order valence-corrected chi connectivity index (χ2v) is 5.69. The standard InChI is InChI=1S/C20H22N4/c1-21-20-11-3-2-8-17(20)14-24(15-18-9-4-6-12-22-18)16-19-10-5-7-13-23-19/h2-13,21H,14-16H2,1H3. The lowest BCUT2D eigenvalue weighted by molar-refractivity contribution is 0.242. The first-order chi connectivity index (χ1) is 11.8. The monoisotopic (exact) mass is 318 g/mol. The molecule has 0 aliphatic carbocycles. The van der Waals surface area contributed by atoms with E-state index in [1.54, 1.807) is 0 Å². The molecule has 4 nitrogen and oxygen atoms in total. The van der Waals surface area contributed by atoms with Crippen molar-refractivity contribution in [2.45, 2.75) is 19.6 Å². The van der Waals surface area contributed by atoms with Crippen LogP contribution in [-0.4, -0.2) is 21.9 Å². The van der Waals surface area contributed by atoms with Gasteiger partial charge in [0.05, 0.1) is 11.4 Å². The van der Waals surface area contributed by atoms with Crippen LogP contribution in [0.1, 0.15) is 17.0 Å². The van der Waals surface area contributed by atoms with Crippen molar-refractivity contribution in [3.63, 3.8) is 0 Å². The van der Waals surface area contributed by atoms with Crippen LogP contribution < -0.4 is 5.32 Å². The average molecular weight is 318 g/mol. The highest BCUT2D eigenvalue weighted by molar-refractivity contribution is 5.50. The summed E-state index contributed by atoms with van der Waals surface area (Å²) >= 11 is 0. The van der Waals surface area contributed by atoms with E-state index in [2.05, 4.69) is 56.6 Å². The van der Waals surface area contributed by atoms with Gasteiger partial charge >= 0.3 is 0 Å². The lowest BCUT2D eigenvalue weighted by atomic mass is 10.1. The zero-order valence-electron chi connectivity index (χ0n) is 13.9. The molecule has 0 fully saturated rings. The normalized spacial score (nSPS) is 10.8. The molecule has 3 aromatic rings. The fourth-order valence-corrected chi connectivity index (χ4v) is 2.75. The maximum atomic E-state index is 4.47. The molecule has 0 radical (unpaired) electrons. The maximum absolute atomic E-state index is 4.47. The lowest BCUT2D eigenvalue weighted by Crippen LogP contribution is -2.24. The number of rotatable bonds is 7. The molecule has 4 heteroatoms. The third-order valence-corrected chi connectivity index (χ3v) is 3.90. The van der Waals surface area contributed by atoms with E-state index in [1.165, 1.54) is 5.56 Å². The fourth-order valence-electron chi connectivity index (χ4n) is 2.75. The predicted molar refractivity (Wildman–Crippen MR) is 97.4 cm³/mol. The molecule has 0 amide bonds. The number of benzene rings is 1. The van der Waals surface area contributed by atoms with Gasteiger partial charge in [-0.25, -0.2) is 0 Å². The van der Waals surface area contributed by atoms with E-state index >= 15 is 0 Å². The molecule has 2 heterocycles. The van der Waals surface area contributed by atoms with Crippen molar-refractivity contribution in [2.24, 2.45) is 0 Å². The van der Waals surface area contributed by atoms with E-state index in [0.717, 1.165) is 36.7 Å². The van der Waals surface area contributed by atoms with E-state index in [1.807, 2.05) is 43.7 Å². The van der Waals surface area contributed by atoms with Crippen molar-refractivity contribution in [3.05, 3.63) is 90.0 Å². The molecular weight excluding hydrogens is 296 g/mol. The summed E-state index contributed by atoms with van der Waals surface area (Å²) in [7, 11) is 1.96. The van der Waals surface area contributed by atoms with Gasteiger partial charge in [0, 0.05) is 44.8 Å². The van der Waals surface area contributed by atoms with Gasteiger partial charge in [-0.15, -0.1) is 0 Å². The van der Waals surface area contributed by atoms with Crippen LogP contribution in [0.2, 0.25) is 0 Å². The smallest absolute Gasteiger partial charge is 0.0544 e. The summed E-state index contributed by atoms with van der Waals surface area (Å²) < 4.78 is 0. The molecule has 0 saturated heterocycles. The fraction of sp³-hybridized carbons (Fsp3) is 0.200. The molecule has 1 aromatic carbocycles. The van der Waals surface area contributed by atoms with Crippen molar-refractivity contribution < 1.29 is 0 Å². The van der Waals surface area contributed by atoms with E-state index < -0.39 is 0 Å². The number of nitrogens with zero attached hydrogens (tertiary/aromatic N) is 3. The van der Waals surface area contributed by atoms with Crippen molar-refractivity contribution in [2.75, 3.05) is 12.4 Å². The van der Waals surface area contributed by atoms with Crippen LogP contribution >= 0.6 is 0 Å². The van der Waals surface area contributed by atoms with Crippen molar-refractivity contribution in [1.29, 1.82) is 0 Å². The molecule has 0 atom stereocenters. The predicted octanol–water partition coefficient (Wildman–Crippen LogP) is 3.72. The molecule has 1 N–H and O–H groups in total. The minimum absolute atomic E-state index is 0.787. The number of aromatic nitrogens is 2. The third kappa shape index (κ3) is 4.40. The Morgan fingerprint density at radius 2 is 1.33 bits per heavy atom. The number of anilines is 1. The molecule has 122 valence electrons. The number of pyridine rings is 2. The van der Waals surface area contributed by atoms with Crippen LogP contribution in [-0.2, 0) is 19.6 Å². The van der Waals surface area contributed by atoms with Gasteiger partial charge in [0.15, 0.2) is 0 Å². The highest BCUT2D eigenvalue weighted by atomic mass is 15.1. The van der Waals surface area contributed by atoms with Gasteiger partial charge in [-0.3, -0.25) is 14.9 Å². The number of hydrogen-bond acceptors (Lipinski definition) is 4. The molecule has 0 unspecified atom stereocenters. The van der Waals surface area contributed by atoms with Gasteiger partial charge in [0.25, 0.3) is 0 Å². The maximum Gasteiger partial charge on any atom is 0.0544 e. The first-order valence-electron chi connectivity index (χ1n) is 8.13. The molecular formula is C20H22N4. The minimum Gasteiger partial charge on any atom is -0.388 e. The van der Waals surface area contributed by atoms with E-state index in [9.17, 15) is 0 Å². The Balaban J connectivity index is 1.81. The molecule has 0 aliphatic rings.